The average Bonchev–Trinajstić information content (AvgIpc) is 2.81. The van der Waals surface area contributed by atoms with Gasteiger partial charge in [0.25, 0.3) is 5.91 Å². The number of rotatable bonds is 7. The highest BCUT2D eigenvalue weighted by atomic mass is 32.2. The lowest BCUT2D eigenvalue weighted by atomic mass is 10.1. The van der Waals surface area contributed by atoms with Crippen LogP contribution in [0, 0.1) is 0 Å². The maximum atomic E-state index is 12.6. The molecule has 5 heteroatoms. The zero-order valence-corrected chi connectivity index (χ0v) is 18.6. The Morgan fingerprint density at radius 1 is 0.968 bits per heavy atom. The summed E-state index contributed by atoms with van der Waals surface area (Å²) in [5.74, 6) is 1.63. The van der Waals surface area contributed by atoms with Gasteiger partial charge >= 0.3 is 0 Å². The van der Waals surface area contributed by atoms with Gasteiger partial charge in [-0.15, -0.1) is 11.8 Å². The molecule has 0 aromatic heterocycles. The molecule has 0 spiro atoms. The molecule has 0 bridgehead atoms. The fourth-order valence-electron chi connectivity index (χ4n) is 3.55. The van der Waals surface area contributed by atoms with Gasteiger partial charge in [0.1, 0.15) is 11.9 Å². The van der Waals surface area contributed by atoms with E-state index in [0.29, 0.717) is 5.56 Å². The van der Waals surface area contributed by atoms with Crippen LogP contribution in [0.1, 0.15) is 28.8 Å². The predicted molar refractivity (Wildman–Crippen MR) is 128 cm³/mol. The second-order valence-electron chi connectivity index (χ2n) is 7.90. The van der Waals surface area contributed by atoms with Crippen molar-refractivity contribution in [2.24, 2.45) is 0 Å². The lowest BCUT2D eigenvalue weighted by Gasteiger charge is -2.29. The van der Waals surface area contributed by atoms with Gasteiger partial charge < -0.3 is 15.0 Å². The Morgan fingerprint density at radius 2 is 1.65 bits per heavy atom. The van der Waals surface area contributed by atoms with Crippen molar-refractivity contribution in [2.45, 2.75) is 29.6 Å². The van der Waals surface area contributed by atoms with E-state index in [1.165, 1.54) is 10.5 Å². The molecular weight excluding hydrogens is 404 g/mol. The van der Waals surface area contributed by atoms with E-state index in [9.17, 15) is 4.79 Å². The van der Waals surface area contributed by atoms with Crippen molar-refractivity contribution >= 4 is 23.4 Å². The fraction of sp³-hybridized carbons (Fsp3) is 0.269. The summed E-state index contributed by atoms with van der Waals surface area (Å²) >= 11 is 1.79. The van der Waals surface area contributed by atoms with Gasteiger partial charge in [0.05, 0.1) is 0 Å². The van der Waals surface area contributed by atoms with Crippen LogP contribution >= 0.6 is 11.8 Å². The molecule has 3 aromatic carbocycles. The second-order valence-corrected chi connectivity index (χ2v) is 8.95. The molecule has 1 saturated heterocycles. The van der Waals surface area contributed by atoms with Crippen LogP contribution in [0.15, 0.2) is 83.8 Å². The molecule has 1 amide bonds. The Morgan fingerprint density at radius 3 is 2.32 bits per heavy atom. The third-order valence-corrected chi connectivity index (χ3v) is 6.53. The van der Waals surface area contributed by atoms with Crippen LogP contribution in [0.3, 0.4) is 0 Å². The Bertz CT molecular complexity index is 967. The van der Waals surface area contributed by atoms with Crippen molar-refractivity contribution in [1.29, 1.82) is 0 Å². The van der Waals surface area contributed by atoms with E-state index >= 15 is 0 Å². The molecule has 0 saturated carbocycles. The van der Waals surface area contributed by atoms with Crippen molar-refractivity contribution < 1.29 is 9.53 Å². The van der Waals surface area contributed by atoms with E-state index < -0.39 is 0 Å². The van der Waals surface area contributed by atoms with Gasteiger partial charge in [-0.2, -0.15) is 0 Å². The van der Waals surface area contributed by atoms with E-state index in [1.54, 1.807) is 11.8 Å². The summed E-state index contributed by atoms with van der Waals surface area (Å²) < 4.78 is 6.07. The third-order valence-electron chi connectivity index (χ3n) is 5.45. The van der Waals surface area contributed by atoms with Crippen LogP contribution in [0.4, 0.5) is 5.69 Å². The molecule has 0 radical (unpaired) electrons. The molecule has 1 aliphatic heterocycles. The van der Waals surface area contributed by atoms with E-state index in [0.717, 1.165) is 43.1 Å². The summed E-state index contributed by atoms with van der Waals surface area (Å²) in [7, 11) is 2.14. The summed E-state index contributed by atoms with van der Waals surface area (Å²) in [6, 6.07) is 25.8. The first kappa shape index (κ1) is 21.5. The molecule has 160 valence electrons. The molecule has 1 fully saturated rings. The minimum Gasteiger partial charge on any atom is -0.490 e. The van der Waals surface area contributed by atoms with Crippen molar-refractivity contribution in [3.63, 3.8) is 0 Å². The highest BCUT2D eigenvalue weighted by molar-refractivity contribution is 7.98. The molecule has 1 aliphatic rings. The maximum absolute atomic E-state index is 12.6. The number of anilines is 1. The first-order chi connectivity index (χ1) is 15.2. The molecule has 0 unspecified atom stereocenters. The SMILES string of the molecule is CN1CCC(Oc2ccc(NC(=O)c3ccc(CSc4ccccc4)cc3)cc2)CC1. The molecule has 4 rings (SSSR count). The minimum atomic E-state index is -0.105. The van der Waals surface area contributed by atoms with Crippen molar-refractivity contribution in [1.82, 2.24) is 4.90 Å². The number of nitrogens with zero attached hydrogens (tertiary/aromatic N) is 1. The van der Waals surface area contributed by atoms with Crippen LogP contribution in [0.25, 0.3) is 0 Å². The van der Waals surface area contributed by atoms with Gasteiger partial charge in [0.2, 0.25) is 0 Å². The largest absolute Gasteiger partial charge is 0.490 e. The summed E-state index contributed by atoms with van der Waals surface area (Å²) in [5.41, 5.74) is 2.62. The first-order valence-corrected chi connectivity index (χ1v) is 11.7. The molecule has 1 N–H and O–H groups in total. The van der Waals surface area contributed by atoms with E-state index in [1.807, 2.05) is 66.7 Å². The van der Waals surface area contributed by atoms with Gasteiger partial charge in [0, 0.05) is 35.0 Å². The number of carbonyl (C=O) groups excluding carboxylic acids is 1. The molecule has 3 aromatic rings. The zero-order valence-electron chi connectivity index (χ0n) is 17.8. The number of ether oxygens (including phenoxy) is 1. The average molecular weight is 433 g/mol. The highest BCUT2D eigenvalue weighted by Gasteiger charge is 2.18. The number of thioether (sulfide) groups is 1. The maximum Gasteiger partial charge on any atom is 0.255 e. The first-order valence-electron chi connectivity index (χ1n) is 10.7. The molecule has 4 nitrogen and oxygen atoms in total. The van der Waals surface area contributed by atoms with E-state index in [4.69, 9.17) is 4.74 Å². The Labute approximate surface area is 188 Å². The van der Waals surface area contributed by atoms with Gasteiger partial charge in [0.15, 0.2) is 0 Å². The van der Waals surface area contributed by atoms with Crippen LogP contribution in [0.2, 0.25) is 0 Å². The third kappa shape index (κ3) is 6.36. The lowest BCUT2D eigenvalue weighted by molar-refractivity contribution is 0.102. The van der Waals surface area contributed by atoms with E-state index in [2.05, 4.69) is 29.4 Å². The number of nitrogens with one attached hydrogen (secondary N) is 1. The standard InChI is InChI=1S/C26H28N2O2S/c1-28-17-15-24(16-18-28)30-23-13-11-22(12-14-23)27-26(29)21-9-7-20(8-10-21)19-31-25-5-3-2-4-6-25/h2-14,24H,15-19H2,1H3,(H,27,29). The number of carbonyl (C=O) groups is 1. The fourth-order valence-corrected chi connectivity index (χ4v) is 4.43. The topological polar surface area (TPSA) is 41.6 Å². The normalized spacial score (nSPS) is 14.9. The highest BCUT2D eigenvalue weighted by Crippen LogP contribution is 2.23. The quantitative estimate of drug-likeness (QED) is 0.486. The van der Waals surface area contributed by atoms with Gasteiger partial charge in [-0.3, -0.25) is 4.79 Å². The zero-order chi connectivity index (χ0) is 21.5. The number of hydrogen-bond acceptors (Lipinski definition) is 4. The van der Waals surface area contributed by atoms with Crippen molar-refractivity contribution in [2.75, 3.05) is 25.5 Å². The van der Waals surface area contributed by atoms with Crippen molar-refractivity contribution in [3.8, 4) is 5.75 Å². The second kappa shape index (κ2) is 10.5. The summed E-state index contributed by atoms with van der Waals surface area (Å²) in [6.07, 6.45) is 2.37. The van der Waals surface area contributed by atoms with E-state index in [-0.39, 0.29) is 12.0 Å². The van der Waals surface area contributed by atoms with Gasteiger partial charge in [-0.1, -0.05) is 30.3 Å². The Hall–Kier alpha value is -2.76. The van der Waals surface area contributed by atoms with Crippen molar-refractivity contribution in [3.05, 3.63) is 90.0 Å². The summed E-state index contributed by atoms with van der Waals surface area (Å²) in [6.45, 7) is 2.14. The predicted octanol–water partition coefficient (Wildman–Crippen LogP) is 5.70. The van der Waals surface area contributed by atoms with Crippen LogP contribution < -0.4 is 10.1 Å². The molecule has 0 atom stereocenters. The number of benzene rings is 3. The number of likely N-dealkylation sites (tertiary alicyclic amines) is 1. The summed E-state index contributed by atoms with van der Waals surface area (Å²) in [5, 5.41) is 2.97. The molecule has 0 aliphatic carbocycles. The Kier molecular flexibility index (Phi) is 7.28. The monoisotopic (exact) mass is 432 g/mol. The molecule has 1 heterocycles. The Balaban J connectivity index is 1.27. The molecule has 31 heavy (non-hydrogen) atoms. The minimum absolute atomic E-state index is 0.105. The number of hydrogen-bond donors (Lipinski definition) is 1. The lowest BCUT2D eigenvalue weighted by Crippen LogP contribution is -2.35. The van der Waals surface area contributed by atoms with Gasteiger partial charge in [-0.05, 0) is 74.0 Å². The molecular formula is C26H28N2O2S. The van der Waals surface area contributed by atoms with Crippen LogP contribution in [0.5, 0.6) is 5.75 Å². The van der Waals surface area contributed by atoms with Gasteiger partial charge in [-0.25, -0.2) is 0 Å². The van der Waals surface area contributed by atoms with Crippen LogP contribution in [-0.2, 0) is 5.75 Å². The number of amides is 1. The smallest absolute Gasteiger partial charge is 0.255 e. The summed E-state index contributed by atoms with van der Waals surface area (Å²) in [4.78, 5) is 16.2. The number of piperidine rings is 1. The van der Waals surface area contributed by atoms with Crippen LogP contribution in [-0.4, -0.2) is 37.0 Å².